The second kappa shape index (κ2) is 9.62. The second-order valence-corrected chi connectivity index (χ2v) is 12.1. The molecule has 4 N–H and O–H groups in total. The normalized spacial score (nSPS) is 22.5. The first-order chi connectivity index (χ1) is 20.0. The topological polar surface area (TPSA) is 114 Å². The zero-order valence-electron chi connectivity index (χ0n) is 22.0. The third-order valence-corrected chi connectivity index (χ3v) is 9.39. The maximum atomic E-state index is 16.8. The Hall–Kier alpha value is -3.80. The van der Waals surface area contributed by atoms with E-state index in [4.69, 9.17) is 5.73 Å². The molecule has 7 rings (SSSR count). The summed E-state index contributed by atoms with van der Waals surface area (Å²) in [6.45, 7) is 1.55. The highest BCUT2D eigenvalue weighted by atomic mass is 32.1. The summed E-state index contributed by atoms with van der Waals surface area (Å²) in [4.78, 5) is 12.6. The van der Waals surface area contributed by atoms with Gasteiger partial charge in [-0.05, 0) is 37.0 Å². The van der Waals surface area contributed by atoms with Crippen LogP contribution in [0.3, 0.4) is 0 Å². The van der Waals surface area contributed by atoms with Gasteiger partial charge in [-0.15, -0.1) is 11.3 Å². The fraction of sp³-hybridized carbons (Fsp3) is 0.393. The van der Waals surface area contributed by atoms with Crippen molar-refractivity contribution >= 4 is 49.1 Å². The minimum Gasteiger partial charge on any atom is -0.391 e. The summed E-state index contributed by atoms with van der Waals surface area (Å²) < 4.78 is 75.7. The number of aliphatic hydroxyl groups excluding tert-OH is 1. The third kappa shape index (κ3) is 4.21. The number of nitrogens with zero attached hydrogens (tertiary/aromatic N) is 5. The highest BCUT2D eigenvalue weighted by Crippen LogP contribution is 2.48. The van der Waals surface area contributed by atoms with E-state index in [9.17, 15) is 27.9 Å². The molecule has 0 spiro atoms. The van der Waals surface area contributed by atoms with Crippen molar-refractivity contribution in [1.29, 1.82) is 5.26 Å². The molecule has 3 atom stereocenters. The van der Waals surface area contributed by atoms with Crippen LogP contribution in [0.25, 0.3) is 32.1 Å². The van der Waals surface area contributed by atoms with Crippen molar-refractivity contribution in [2.45, 2.75) is 43.6 Å². The summed E-state index contributed by atoms with van der Waals surface area (Å²) in [6.07, 6.45) is -3.40. The van der Waals surface area contributed by atoms with E-state index in [0.717, 1.165) is 31.0 Å². The summed E-state index contributed by atoms with van der Waals surface area (Å²) in [7, 11) is 0. The number of hydrogen-bond donors (Lipinski definition) is 3. The van der Waals surface area contributed by atoms with Crippen molar-refractivity contribution in [2.24, 2.45) is 0 Å². The first-order valence-electron chi connectivity index (χ1n) is 13.5. The Morgan fingerprint density at radius 1 is 1.07 bits per heavy atom. The van der Waals surface area contributed by atoms with Crippen molar-refractivity contribution in [2.75, 3.05) is 41.7 Å². The standard InChI is InChI=1S/C28H24F5N7OS/c29-19-4-3-15(20-17(8-34)25(35)42-24(19)20)21-18(28(31,32)33)7-16-23(22(21)30)37-27(39-6-5-14(41)11-39)38-26(16)40-9-12-1-2-13(10-40)36-12/h3-4,7,12-14,36,41H,1-2,5-6,9-11,35H2. The summed E-state index contributed by atoms with van der Waals surface area (Å²) in [5.41, 5.74) is 2.94. The number of aromatic nitrogens is 2. The average Bonchev–Trinajstić information content (AvgIpc) is 3.64. The second-order valence-electron chi connectivity index (χ2n) is 11.0. The van der Waals surface area contributed by atoms with Gasteiger partial charge < -0.3 is 26.0 Å². The van der Waals surface area contributed by atoms with E-state index in [1.165, 1.54) is 0 Å². The lowest BCUT2D eigenvalue weighted by Crippen LogP contribution is -2.51. The lowest BCUT2D eigenvalue weighted by Gasteiger charge is -2.35. The molecule has 3 aliphatic rings. The fourth-order valence-corrected chi connectivity index (χ4v) is 7.42. The third-order valence-electron chi connectivity index (χ3n) is 8.37. The molecule has 3 unspecified atom stereocenters. The van der Waals surface area contributed by atoms with E-state index in [2.05, 4.69) is 15.3 Å². The van der Waals surface area contributed by atoms with Crippen LogP contribution in [0.15, 0.2) is 18.2 Å². The molecular weight excluding hydrogens is 577 g/mol. The zero-order valence-corrected chi connectivity index (χ0v) is 22.8. The van der Waals surface area contributed by atoms with E-state index in [-0.39, 0.29) is 67.5 Å². The predicted molar refractivity (Wildman–Crippen MR) is 149 cm³/mol. The van der Waals surface area contributed by atoms with Crippen LogP contribution >= 0.6 is 11.3 Å². The van der Waals surface area contributed by atoms with Crippen LogP contribution in [-0.4, -0.2) is 59.4 Å². The largest absolute Gasteiger partial charge is 0.417 e. The fourth-order valence-electron chi connectivity index (χ4n) is 6.47. The molecule has 2 bridgehead atoms. The first-order valence-corrected chi connectivity index (χ1v) is 14.3. The number of nitrogens with two attached hydrogens (primary N) is 1. The van der Waals surface area contributed by atoms with Gasteiger partial charge in [-0.1, -0.05) is 6.07 Å². The Morgan fingerprint density at radius 3 is 2.45 bits per heavy atom. The van der Waals surface area contributed by atoms with Gasteiger partial charge in [-0.3, -0.25) is 0 Å². The maximum absolute atomic E-state index is 16.8. The lowest BCUT2D eigenvalue weighted by atomic mass is 9.92. The Kier molecular flexibility index (Phi) is 6.20. The van der Waals surface area contributed by atoms with Crippen LogP contribution in [0.2, 0.25) is 0 Å². The number of fused-ring (bicyclic) bond motifs is 4. The molecule has 5 heterocycles. The number of piperazine rings is 1. The highest BCUT2D eigenvalue weighted by Gasteiger charge is 2.40. The summed E-state index contributed by atoms with van der Waals surface area (Å²) in [5, 5.41) is 23.0. The number of alkyl halides is 3. The van der Waals surface area contributed by atoms with Crippen molar-refractivity contribution in [3.63, 3.8) is 0 Å². The highest BCUT2D eigenvalue weighted by molar-refractivity contribution is 7.23. The van der Waals surface area contributed by atoms with Crippen LogP contribution in [0.1, 0.15) is 30.4 Å². The van der Waals surface area contributed by atoms with E-state index in [1.807, 2.05) is 11.0 Å². The maximum Gasteiger partial charge on any atom is 0.417 e. The van der Waals surface area contributed by atoms with Gasteiger partial charge in [0.25, 0.3) is 0 Å². The van der Waals surface area contributed by atoms with Gasteiger partial charge in [0.1, 0.15) is 28.2 Å². The quantitative estimate of drug-likeness (QED) is 0.288. The number of β-amino-alcohol motifs (C(OH)–C–C–N with tert-alkyl or cyclic N) is 1. The Labute approximate surface area is 240 Å². The van der Waals surface area contributed by atoms with E-state index < -0.39 is 35.0 Å². The number of aliphatic hydroxyl groups is 1. The van der Waals surface area contributed by atoms with Gasteiger partial charge >= 0.3 is 6.18 Å². The number of nitriles is 1. The molecule has 218 valence electrons. The van der Waals surface area contributed by atoms with E-state index in [0.29, 0.717) is 37.4 Å². The summed E-state index contributed by atoms with van der Waals surface area (Å²) in [6, 6.07) is 4.92. The predicted octanol–water partition coefficient (Wildman–Crippen LogP) is 4.77. The molecule has 3 fully saturated rings. The number of nitrogen functional groups attached to an aromatic ring is 1. The molecule has 0 saturated carbocycles. The molecule has 2 aromatic heterocycles. The minimum atomic E-state index is -5.02. The first kappa shape index (κ1) is 27.1. The number of nitrogens with one attached hydrogen (secondary N) is 1. The smallest absolute Gasteiger partial charge is 0.391 e. The van der Waals surface area contributed by atoms with Gasteiger partial charge in [0.05, 0.1) is 21.9 Å². The van der Waals surface area contributed by atoms with Crippen LogP contribution in [0.4, 0.5) is 38.7 Å². The summed E-state index contributed by atoms with van der Waals surface area (Å²) >= 11 is 0.717. The molecule has 4 aromatic rings. The van der Waals surface area contributed by atoms with Gasteiger partial charge in [-0.25, -0.2) is 13.8 Å². The van der Waals surface area contributed by atoms with Crippen LogP contribution in [0, 0.1) is 23.0 Å². The number of anilines is 3. The van der Waals surface area contributed by atoms with Crippen molar-refractivity contribution in [3.05, 3.63) is 41.0 Å². The van der Waals surface area contributed by atoms with Gasteiger partial charge in [0, 0.05) is 54.6 Å². The van der Waals surface area contributed by atoms with Gasteiger partial charge in [0.15, 0.2) is 5.82 Å². The molecule has 0 radical (unpaired) electrons. The van der Waals surface area contributed by atoms with Crippen LogP contribution in [0.5, 0.6) is 0 Å². The average molecular weight is 602 g/mol. The molecular formula is C28H24F5N7OS. The summed E-state index contributed by atoms with van der Waals surface area (Å²) in [5.74, 6) is -1.75. The molecule has 2 aromatic carbocycles. The molecule has 3 aliphatic heterocycles. The number of rotatable bonds is 3. The van der Waals surface area contributed by atoms with E-state index >= 15 is 4.39 Å². The molecule has 8 nitrogen and oxygen atoms in total. The van der Waals surface area contributed by atoms with Gasteiger partial charge in [-0.2, -0.15) is 23.4 Å². The lowest BCUT2D eigenvalue weighted by molar-refractivity contribution is -0.137. The minimum absolute atomic E-state index is 0.0820. The number of hydrogen-bond acceptors (Lipinski definition) is 9. The molecule has 42 heavy (non-hydrogen) atoms. The SMILES string of the molecule is N#Cc1c(N)sc2c(F)ccc(-c3c(C(F)(F)F)cc4c(N5CC6CCC(C5)N6)nc(N5CCC(O)C5)nc4c3F)c12. The monoisotopic (exact) mass is 601 g/mol. The van der Waals surface area contributed by atoms with Crippen molar-refractivity contribution in [3.8, 4) is 17.2 Å². The molecule has 0 amide bonds. The Balaban J connectivity index is 1.55. The van der Waals surface area contributed by atoms with E-state index in [1.54, 1.807) is 4.90 Å². The van der Waals surface area contributed by atoms with Crippen molar-refractivity contribution in [1.82, 2.24) is 15.3 Å². The molecule has 0 aliphatic carbocycles. The Bertz CT molecular complexity index is 1790. The molecule has 14 heteroatoms. The number of benzene rings is 2. The van der Waals surface area contributed by atoms with Gasteiger partial charge in [0.2, 0.25) is 5.95 Å². The van der Waals surface area contributed by atoms with Crippen LogP contribution < -0.4 is 20.9 Å². The zero-order chi connectivity index (χ0) is 29.5. The van der Waals surface area contributed by atoms with Crippen molar-refractivity contribution < 1.29 is 27.1 Å². The number of halogens is 5. The number of thiophene rings is 1. The van der Waals surface area contributed by atoms with Crippen LogP contribution in [-0.2, 0) is 6.18 Å². The molecule has 3 saturated heterocycles. The Morgan fingerprint density at radius 2 is 1.81 bits per heavy atom.